The number of carbonyl (C=O) groups is 5. The molecule has 38 heavy (non-hydrogen) atoms. The van der Waals surface area contributed by atoms with E-state index in [1.807, 2.05) is 20.1 Å². The largest absolute Gasteiger partial charge is 0.508 e. The highest BCUT2D eigenvalue weighted by Crippen LogP contribution is 2.13. The van der Waals surface area contributed by atoms with Crippen LogP contribution in [-0.4, -0.2) is 76.0 Å². The number of carbonyl (C=O) groups excluding carboxylic acids is 4. The summed E-state index contributed by atoms with van der Waals surface area (Å²) in [5, 5.41) is 26.7. The second kappa shape index (κ2) is 16.5. The van der Waals surface area contributed by atoms with Gasteiger partial charge in [0.1, 0.15) is 23.9 Å². The summed E-state index contributed by atoms with van der Waals surface area (Å²) in [6.45, 7) is 3.74. The lowest BCUT2D eigenvalue weighted by molar-refractivity contribution is -0.142. The third kappa shape index (κ3) is 12.3. The molecular formula is C25H39N5O7S. The number of hydrogen-bond acceptors (Lipinski definition) is 8. The molecule has 0 spiro atoms. The summed E-state index contributed by atoms with van der Waals surface area (Å²) in [5.41, 5.74) is 11.6. The van der Waals surface area contributed by atoms with Crippen molar-refractivity contribution in [2.75, 3.05) is 12.0 Å². The Hall–Kier alpha value is -3.32. The minimum Gasteiger partial charge on any atom is -0.508 e. The van der Waals surface area contributed by atoms with Gasteiger partial charge in [-0.25, -0.2) is 4.79 Å². The van der Waals surface area contributed by atoms with Gasteiger partial charge in [0, 0.05) is 12.8 Å². The van der Waals surface area contributed by atoms with Crippen molar-refractivity contribution in [2.24, 2.45) is 17.4 Å². The van der Waals surface area contributed by atoms with Crippen LogP contribution in [0.15, 0.2) is 24.3 Å². The zero-order chi connectivity index (χ0) is 28.8. The summed E-state index contributed by atoms with van der Waals surface area (Å²) < 4.78 is 0. The van der Waals surface area contributed by atoms with Crippen molar-refractivity contribution >= 4 is 41.4 Å². The first-order valence-electron chi connectivity index (χ1n) is 12.3. The van der Waals surface area contributed by atoms with Gasteiger partial charge in [-0.05, 0) is 54.9 Å². The summed E-state index contributed by atoms with van der Waals surface area (Å²) >= 11 is 1.54. The van der Waals surface area contributed by atoms with Crippen LogP contribution in [-0.2, 0) is 30.4 Å². The molecule has 0 aliphatic heterocycles. The van der Waals surface area contributed by atoms with Gasteiger partial charge in [0.2, 0.25) is 23.6 Å². The lowest BCUT2D eigenvalue weighted by atomic mass is 10.00. The number of aromatic hydroxyl groups is 1. The van der Waals surface area contributed by atoms with Crippen LogP contribution in [0.3, 0.4) is 0 Å². The summed E-state index contributed by atoms with van der Waals surface area (Å²) in [5.74, 6) is -3.30. The van der Waals surface area contributed by atoms with Crippen LogP contribution in [0.2, 0.25) is 0 Å². The molecule has 212 valence electrons. The number of hydrogen-bond donors (Lipinski definition) is 7. The number of carboxylic acids is 1. The van der Waals surface area contributed by atoms with Gasteiger partial charge in [-0.1, -0.05) is 26.0 Å². The van der Waals surface area contributed by atoms with Gasteiger partial charge in [-0.2, -0.15) is 11.8 Å². The first kappa shape index (κ1) is 32.7. The zero-order valence-corrected chi connectivity index (χ0v) is 22.8. The van der Waals surface area contributed by atoms with Gasteiger partial charge >= 0.3 is 5.97 Å². The molecule has 1 aromatic rings. The molecule has 4 unspecified atom stereocenters. The number of phenolic OH excluding ortho intramolecular Hbond substituents is 1. The summed E-state index contributed by atoms with van der Waals surface area (Å²) in [4.78, 5) is 61.8. The Bertz CT molecular complexity index is 958. The number of rotatable bonds is 17. The lowest BCUT2D eigenvalue weighted by Crippen LogP contribution is -2.58. The molecule has 0 heterocycles. The van der Waals surface area contributed by atoms with Crippen LogP contribution >= 0.6 is 11.8 Å². The highest BCUT2D eigenvalue weighted by molar-refractivity contribution is 7.98. The van der Waals surface area contributed by atoms with Crippen LogP contribution in [0, 0.1) is 5.92 Å². The minimum atomic E-state index is -1.41. The van der Waals surface area contributed by atoms with E-state index in [1.54, 1.807) is 23.9 Å². The maximum atomic E-state index is 13.3. The molecular weight excluding hydrogens is 514 g/mol. The lowest BCUT2D eigenvalue weighted by Gasteiger charge is -2.26. The monoisotopic (exact) mass is 553 g/mol. The maximum absolute atomic E-state index is 13.3. The Morgan fingerprint density at radius 3 is 1.97 bits per heavy atom. The van der Waals surface area contributed by atoms with Crippen molar-refractivity contribution in [3.05, 3.63) is 29.8 Å². The van der Waals surface area contributed by atoms with Crippen LogP contribution in [0.1, 0.15) is 45.1 Å². The van der Waals surface area contributed by atoms with Gasteiger partial charge in [0.25, 0.3) is 0 Å². The molecule has 12 nitrogen and oxygen atoms in total. The quantitative estimate of drug-likeness (QED) is 0.137. The number of carboxylic acid groups (broad SMARTS) is 1. The second-order valence-electron chi connectivity index (χ2n) is 9.41. The van der Waals surface area contributed by atoms with Crippen molar-refractivity contribution in [1.29, 1.82) is 0 Å². The molecule has 9 N–H and O–H groups in total. The number of phenols is 1. The summed E-state index contributed by atoms with van der Waals surface area (Å²) in [7, 11) is 0. The summed E-state index contributed by atoms with van der Waals surface area (Å²) in [6.07, 6.45) is 2.08. The first-order chi connectivity index (χ1) is 17.8. The molecule has 4 atom stereocenters. The molecule has 4 amide bonds. The molecule has 0 aliphatic rings. The zero-order valence-electron chi connectivity index (χ0n) is 21.9. The third-order valence-corrected chi connectivity index (χ3v) is 6.26. The van der Waals surface area contributed by atoms with Crippen molar-refractivity contribution < 1.29 is 34.2 Å². The average Bonchev–Trinajstić information content (AvgIpc) is 2.84. The SMILES string of the molecule is CSCCC(N)C(=O)NC(CC(C)C)C(=O)NC(Cc1ccc(O)cc1)C(=O)NC(CCC(N)=O)C(=O)O. The normalized spacial score (nSPS) is 14.1. The Morgan fingerprint density at radius 2 is 1.45 bits per heavy atom. The number of amides is 4. The van der Waals surface area contributed by atoms with Crippen molar-refractivity contribution in [2.45, 2.75) is 70.1 Å². The molecule has 0 saturated carbocycles. The predicted molar refractivity (Wildman–Crippen MR) is 144 cm³/mol. The number of nitrogens with one attached hydrogen (secondary N) is 3. The third-order valence-electron chi connectivity index (χ3n) is 5.61. The molecule has 0 radical (unpaired) electrons. The van der Waals surface area contributed by atoms with Gasteiger partial charge in [0.15, 0.2) is 0 Å². The van der Waals surface area contributed by atoms with Gasteiger partial charge in [0.05, 0.1) is 6.04 Å². The first-order valence-corrected chi connectivity index (χ1v) is 13.7. The Labute approximate surface area is 226 Å². The molecule has 0 fully saturated rings. The fraction of sp³-hybridized carbons (Fsp3) is 0.560. The van der Waals surface area contributed by atoms with E-state index in [2.05, 4.69) is 16.0 Å². The van der Waals surface area contributed by atoms with E-state index in [4.69, 9.17) is 11.5 Å². The second-order valence-corrected chi connectivity index (χ2v) is 10.4. The number of benzene rings is 1. The van der Waals surface area contributed by atoms with Crippen molar-refractivity contribution in [3.63, 3.8) is 0 Å². The van der Waals surface area contributed by atoms with E-state index >= 15 is 0 Å². The number of primary amides is 1. The van der Waals surface area contributed by atoms with Crippen molar-refractivity contribution in [1.82, 2.24) is 16.0 Å². The number of thioether (sulfide) groups is 1. The van der Waals surface area contributed by atoms with Crippen LogP contribution in [0.4, 0.5) is 0 Å². The topological polar surface area (TPSA) is 214 Å². The minimum absolute atomic E-state index is 0.00806. The van der Waals surface area contributed by atoms with Crippen LogP contribution in [0.25, 0.3) is 0 Å². The number of aliphatic carboxylic acids is 1. The van der Waals surface area contributed by atoms with Gasteiger partial charge in [-0.15, -0.1) is 0 Å². The van der Waals surface area contributed by atoms with E-state index in [0.717, 1.165) is 0 Å². The van der Waals surface area contributed by atoms with Crippen molar-refractivity contribution in [3.8, 4) is 5.75 Å². The maximum Gasteiger partial charge on any atom is 0.326 e. The fourth-order valence-electron chi connectivity index (χ4n) is 3.52. The molecule has 1 rings (SSSR count). The molecule has 0 bridgehead atoms. The van der Waals surface area contributed by atoms with Gasteiger partial charge < -0.3 is 37.6 Å². The van der Waals surface area contributed by atoms with Crippen LogP contribution < -0.4 is 27.4 Å². The number of nitrogens with two attached hydrogens (primary N) is 2. The Balaban J connectivity index is 3.14. The Morgan fingerprint density at radius 1 is 0.895 bits per heavy atom. The average molecular weight is 554 g/mol. The van der Waals surface area contributed by atoms with Crippen LogP contribution in [0.5, 0.6) is 5.75 Å². The fourth-order valence-corrected chi connectivity index (χ4v) is 4.01. The molecule has 13 heteroatoms. The van der Waals surface area contributed by atoms with E-state index < -0.39 is 53.8 Å². The molecule has 0 saturated heterocycles. The van der Waals surface area contributed by atoms with E-state index in [1.165, 1.54) is 12.1 Å². The standard InChI is InChI=1S/C25H39N5O7S/c1-14(2)12-19(29-22(33)17(26)10-11-38-3)23(34)30-20(13-15-4-6-16(31)7-5-15)24(35)28-18(25(36)37)8-9-21(27)32/h4-7,14,17-20,31H,8-13,26H2,1-3H3,(H2,27,32)(H,28,35)(H,29,33)(H,30,34)(H,36,37). The highest BCUT2D eigenvalue weighted by atomic mass is 32.2. The molecule has 1 aromatic carbocycles. The van der Waals surface area contributed by atoms with E-state index in [-0.39, 0.29) is 37.4 Å². The van der Waals surface area contributed by atoms with E-state index in [0.29, 0.717) is 17.7 Å². The predicted octanol–water partition coefficient (Wildman–Crippen LogP) is -0.134. The Kier molecular flexibility index (Phi) is 14.2. The smallest absolute Gasteiger partial charge is 0.326 e. The summed E-state index contributed by atoms with van der Waals surface area (Å²) in [6, 6.07) is 1.52. The molecule has 0 aliphatic carbocycles. The highest BCUT2D eigenvalue weighted by Gasteiger charge is 2.31. The van der Waals surface area contributed by atoms with Gasteiger partial charge in [-0.3, -0.25) is 19.2 Å². The van der Waals surface area contributed by atoms with E-state index in [9.17, 15) is 34.2 Å². The molecule has 0 aromatic heterocycles.